The average Bonchev–Trinajstić information content (AvgIpc) is 2.35. The van der Waals surface area contributed by atoms with Gasteiger partial charge in [-0.25, -0.2) is 13.1 Å². The summed E-state index contributed by atoms with van der Waals surface area (Å²) in [5.74, 6) is 0.600. The average molecular weight is 328 g/mol. The van der Waals surface area contributed by atoms with Gasteiger partial charge in [-0.3, -0.25) is 0 Å². The number of ether oxygens (including phenoxy) is 1. The van der Waals surface area contributed by atoms with Crippen LogP contribution in [-0.4, -0.2) is 38.8 Å². The number of alkyl halides is 1. The molecule has 1 atom stereocenters. The summed E-state index contributed by atoms with van der Waals surface area (Å²) < 4.78 is 31.7. The van der Waals surface area contributed by atoms with Gasteiger partial charge < -0.3 is 4.74 Å². The molecule has 1 aliphatic rings. The molecule has 17 heavy (non-hydrogen) atoms. The fraction of sp³-hybridized carbons (Fsp3) is 1.00. The van der Waals surface area contributed by atoms with E-state index >= 15 is 0 Å². The van der Waals surface area contributed by atoms with Gasteiger partial charge in [-0.15, -0.1) is 0 Å². The van der Waals surface area contributed by atoms with E-state index in [0.29, 0.717) is 38.5 Å². The van der Waals surface area contributed by atoms with E-state index in [1.54, 1.807) is 0 Å². The topological polar surface area (TPSA) is 55.4 Å². The molecule has 0 saturated carbocycles. The first-order valence-corrected chi connectivity index (χ1v) is 8.85. The summed E-state index contributed by atoms with van der Waals surface area (Å²) in [6.45, 7) is 3.83. The first kappa shape index (κ1) is 15.4. The van der Waals surface area contributed by atoms with Crippen molar-refractivity contribution in [1.29, 1.82) is 0 Å². The highest BCUT2D eigenvalue weighted by molar-refractivity contribution is 9.09. The number of nitrogens with one attached hydrogen (secondary N) is 1. The first-order valence-electron chi connectivity index (χ1n) is 6.18. The smallest absolute Gasteiger partial charge is 0.214 e. The van der Waals surface area contributed by atoms with Gasteiger partial charge in [-0.2, -0.15) is 0 Å². The molecular weight excluding hydrogens is 306 g/mol. The Morgan fingerprint density at radius 3 is 2.65 bits per heavy atom. The molecular formula is C11H22BrNO3S. The number of rotatable bonds is 7. The summed E-state index contributed by atoms with van der Waals surface area (Å²) in [4.78, 5) is 0. The molecule has 1 unspecified atom stereocenters. The van der Waals surface area contributed by atoms with Gasteiger partial charge in [-0.05, 0) is 31.6 Å². The minimum atomic E-state index is -3.13. The third-order valence-corrected chi connectivity index (χ3v) is 6.11. The van der Waals surface area contributed by atoms with Crippen LogP contribution >= 0.6 is 15.9 Å². The van der Waals surface area contributed by atoms with Gasteiger partial charge in [0.1, 0.15) is 0 Å². The monoisotopic (exact) mass is 327 g/mol. The second-order valence-corrected chi connectivity index (χ2v) is 7.35. The van der Waals surface area contributed by atoms with Gasteiger partial charge in [0.05, 0.1) is 5.25 Å². The lowest BCUT2D eigenvalue weighted by atomic mass is 10.1. The maximum absolute atomic E-state index is 11.9. The van der Waals surface area contributed by atoms with E-state index in [1.807, 2.05) is 0 Å². The van der Waals surface area contributed by atoms with E-state index < -0.39 is 10.0 Å². The predicted octanol–water partition coefficient (Wildman–Crippen LogP) is 1.90. The van der Waals surface area contributed by atoms with E-state index in [1.165, 1.54) is 0 Å². The van der Waals surface area contributed by atoms with Crippen LogP contribution in [0.3, 0.4) is 0 Å². The van der Waals surface area contributed by atoms with E-state index in [4.69, 9.17) is 4.74 Å². The Morgan fingerprint density at radius 2 is 2.06 bits per heavy atom. The van der Waals surface area contributed by atoms with Crippen molar-refractivity contribution in [3.8, 4) is 0 Å². The molecule has 1 heterocycles. The van der Waals surface area contributed by atoms with Crippen molar-refractivity contribution in [2.75, 3.05) is 25.1 Å². The van der Waals surface area contributed by atoms with Crippen LogP contribution in [0.5, 0.6) is 0 Å². The second-order valence-electron chi connectivity index (χ2n) is 4.65. The van der Waals surface area contributed by atoms with Crippen molar-refractivity contribution in [2.24, 2.45) is 5.92 Å². The molecule has 0 aliphatic carbocycles. The molecule has 6 heteroatoms. The highest BCUT2D eigenvalue weighted by atomic mass is 79.9. The van der Waals surface area contributed by atoms with Crippen LogP contribution in [-0.2, 0) is 14.8 Å². The summed E-state index contributed by atoms with van der Waals surface area (Å²) in [6.07, 6.45) is 3.18. The van der Waals surface area contributed by atoms with Gasteiger partial charge in [0.15, 0.2) is 0 Å². The SMILES string of the molecule is CC(CBr)CCCNS(=O)(=O)C1CCOCC1. The number of hydrogen-bond acceptors (Lipinski definition) is 3. The van der Waals surface area contributed by atoms with E-state index in [9.17, 15) is 8.42 Å². The fourth-order valence-corrected chi connectivity index (χ4v) is 3.65. The Balaban J connectivity index is 2.24. The molecule has 1 saturated heterocycles. The van der Waals surface area contributed by atoms with Crippen molar-refractivity contribution in [2.45, 2.75) is 37.9 Å². The van der Waals surface area contributed by atoms with Gasteiger partial charge in [0.2, 0.25) is 10.0 Å². The molecule has 0 aromatic rings. The van der Waals surface area contributed by atoms with Crippen LogP contribution in [0, 0.1) is 5.92 Å². The summed E-state index contributed by atoms with van der Waals surface area (Å²) in [5.41, 5.74) is 0. The van der Waals surface area contributed by atoms with E-state index in [0.717, 1.165) is 18.2 Å². The van der Waals surface area contributed by atoms with Gasteiger partial charge >= 0.3 is 0 Å². The molecule has 1 aliphatic heterocycles. The van der Waals surface area contributed by atoms with Gasteiger partial charge in [0, 0.05) is 25.1 Å². The van der Waals surface area contributed by atoms with Crippen LogP contribution in [0.25, 0.3) is 0 Å². The third kappa shape index (κ3) is 5.68. The summed E-state index contributed by atoms with van der Waals surface area (Å²) >= 11 is 3.42. The van der Waals surface area contributed by atoms with Crippen LogP contribution < -0.4 is 4.72 Å². The highest BCUT2D eigenvalue weighted by Gasteiger charge is 2.26. The summed E-state index contributed by atoms with van der Waals surface area (Å²) in [5, 5.41) is 0.713. The van der Waals surface area contributed by atoms with Crippen molar-refractivity contribution in [3.05, 3.63) is 0 Å². The lowest BCUT2D eigenvalue weighted by Crippen LogP contribution is -2.38. The fourth-order valence-electron chi connectivity index (χ4n) is 1.85. The molecule has 102 valence electrons. The first-order chi connectivity index (χ1) is 8.06. The largest absolute Gasteiger partial charge is 0.381 e. The highest BCUT2D eigenvalue weighted by Crippen LogP contribution is 2.15. The van der Waals surface area contributed by atoms with E-state index in [2.05, 4.69) is 27.6 Å². The Labute approximate surface area is 113 Å². The van der Waals surface area contributed by atoms with Crippen molar-refractivity contribution in [1.82, 2.24) is 4.72 Å². The van der Waals surface area contributed by atoms with Crippen molar-refractivity contribution in [3.63, 3.8) is 0 Å². The molecule has 0 aromatic heterocycles. The minimum Gasteiger partial charge on any atom is -0.381 e. The Bertz CT molecular complexity index is 302. The zero-order valence-electron chi connectivity index (χ0n) is 10.3. The number of sulfonamides is 1. The molecule has 4 nitrogen and oxygen atoms in total. The molecule has 0 aromatic carbocycles. The second kappa shape index (κ2) is 7.71. The third-order valence-electron chi connectivity index (χ3n) is 3.05. The minimum absolute atomic E-state index is 0.259. The number of halogens is 1. The van der Waals surface area contributed by atoms with Gasteiger partial charge in [0.25, 0.3) is 0 Å². The molecule has 0 amide bonds. The maximum Gasteiger partial charge on any atom is 0.214 e. The molecule has 0 spiro atoms. The molecule has 1 fully saturated rings. The normalized spacial score (nSPS) is 20.4. The Kier molecular flexibility index (Phi) is 6.99. The standard InChI is InChI=1S/C11H22BrNO3S/c1-10(9-12)3-2-6-13-17(14,15)11-4-7-16-8-5-11/h10-11,13H,2-9H2,1H3. The molecule has 1 rings (SSSR count). The Hall–Kier alpha value is 0.350. The van der Waals surface area contributed by atoms with Crippen LogP contribution in [0.4, 0.5) is 0 Å². The number of hydrogen-bond donors (Lipinski definition) is 1. The lowest BCUT2D eigenvalue weighted by molar-refractivity contribution is 0.0981. The van der Waals surface area contributed by atoms with E-state index in [-0.39, 0.29) is 5.25 Å². The maximum atomic E-state index is 11.9. The Morgan fingerprint density at radius 1 is 1.41 bits per heavy atom. The quantitative estimate of drug-likeness (QED) is 0.574. The predicted molar refractivity (Wildman–Crippen MR) is 73.0 cm³/mol. The molecule has 0 radical (unpaired) electrons. The lowest BCUT2D eigenvalue weighted by Gasteiger charge is -2.22. The van der Waals surface area contributed by atoms with Crippen molar-refractivity contribution >= 4 is 26.0 Å². The van der Waals surface area contributed by atoms with Crippen LogP contribution in [0.2, 0.25) is 0 Å². The summed E-state index contributed by atoms with van der Waals surface area (Å²) in [7, 11) is -3.13. The van der Waals surface area contributed by atoms with Gasteiger partial charge in [-0.1, -0.05) is 22.9 Å². The van der Waals surface area contributed by atoms with Crippen LogP contribution in [0.15, 0.2) is 0 Å². The van der Waals surface area contributed by atoms with Crippen molar-refractivity contribution < 1.29 is 13.2 Å². The summed E-state index contributed by atoms with van der Waals surface area (Å²) in [6, 6.07) is 0. The zero-order valence-corrected chi connectivity index (χ0v) is 12.7. The van der Waals surface area contributed by atoms with Crippen LogP contribution in [0.1, 0.15) is 32.6 Å². The molecule has 1 N–H and O–H groups in total. The molecule has 0 bridgehead atoms. The zero-order chi connectivity index (χ0) is 12.7.